The molecule has 31 heavy (non-hydrogen) atoms. The van der Waals surface area contributed by atoms with E-state index in [9.17, 15) is 19.5 Å². The molecule has 2 heterocycles. The van der Waals surface area contributed by atoms with Crippen molar-refractivity contribution in [3.8, 4) is 11.1 Å². The number of nitrogens with one attached hydrogen (secondary N) is 1. The zero-order chi connectivity index (χ0) is 22.3. The van der Waals surface area contributed by atoms with Crippen molar-refractivity contribution in [2.45, 2.75) is 26.0 Å². The van der Waals surface area contributed by atoms with Crippen LogP contribution in [0.4, 0.5) is 5.69 Å². The summed E-state index contributed by atoms with van der Waals surface area (Å²) in [5.74, 6) is -1.25. The van der Waals surface area contributed by atoms with Crippen LogP contribution in [0.5, 0.6) is 0 Å². The molecule has 2 N–H and O–H groups in total. The minimum atomic E-state index is -1.13. The highest BCUT2D eigenvalue weighted by molar-refractivity contribution is 6.30. The van der Waals surface area contributed by atoms with E-state index in [1.165, 1.54) is 9.80 Å². The highest BCUT2D eigenvalue weighted by Crippen LogP contribution is 2.31. The summed E-state index contributed by atoms with van der Waals surface area (Å²) in [7, 11) is 0. The Bertz CT molecular complexity index is 1040. The average Bonchev–Trinajstić information content (AvgIpc) is 2.87. The number of benzene rings is 2. The van der Waals surface area contributed by atoms with Gasteiger partial charge in [0.25, 0.3) is 11.8 Å². The molecule has 162 valence electrons. The minimum absolute atomic E-state index is 0.0538. The Morgan fingerprint density at radius 2 is 1.77 bits per heavy atom. The molecule has 2 aliphatic rings. The molecule has 0 spiro atoms. The summed E-state index contributed by atoms with van der Waals surface area (Å²) in [5.41, 5.74) is 2.60. The number of amides is 3. The van der Waals surface area contributed by atoms with Gasteiger partial charge in [-0.1, -0.05) is 43.6 Å². The number of carbonyl (C=O) groups is 3. The average molecular weight is 442 g/mol. The molecule has 0 aromatic heterocycles. The maximum atomic E-state index is 13.3. The van der Waals surface area contributed by atoms with Crippen LogP contribution in [0.15, 0.2) is 42.5 Å². The standard InChI is InChI=1S/C23H24ClN3O4/c1-13(2)20(28)23(31)26-9-10-27-19(12-26)21(29)25-18-8-5-15(11-17(18)22(27)30)14-3-6-16(24)7-4-14/h3-8,11,13,19-20,28H,9-10,12H2,1-2H3,(H,25,29)/t19?,20-/m0/s1. The number of anilines is 1. The summed E-state index contributed by atoms with van der Waals surface area (Å²) in [6.45, 7) is 4.06. The molecule has 3 amide bonds. The zero-order valence-corrected chi connectivity index (χ0v) is 18.1. The van der Waals surface area contributed by atoms with Gasteiger partial charge in [0.1, 0.15) is 12.1 Å². The van der Waals surface area contributed by atoms with Crippen molar-refractivity contribution >= 4 is 35.0 Å². The number of fused-ring (bicyclic) bond motifs is 2. The Morgan fingerprint density at radius 3 is 2.45 bits per heavy atom. The lowest BCUT2D eigenvalue weighted by atomic mass is 10.0. The van der Waals surface area contributed by atoms with Gasteiger partial charge in [0.15, 0.2) is 0 Å². The molecule has 4 rings (SSSR count). The quantitative estimate of drug-likeness (QED) is 0.766. The van der Waals surface area contributed by atoms with E-state index in [4.69, 9.17) is 11.6 Å². The normalized spacial score (nSPS) is 19.5. The van der Waals surface area contributed by atoms with Gasteiger partial charge in [-0.2, -0.15) is 0 Å². The second-order valence-electron chi connectivity index (χ2n) is 8.24. The predicted octanol–water partition coefficient (Wildman–Crippen LogP) is 2.63. The summed E-state index contributed by atoms with van der Waals surface area (Å²) in [6, 6.07) is 11.8. The molecule has 2 aromatic rings. The van der Waals surface area contributed by atoms with E-state index in [1.54, 1.807) is 38.1 Å². The first kappa shape index (κ1) is 21.3. The van der Waals surface area contributed by atoms with Gasteiger partial charge in [0.05, 0.1) is 17.8 Å². The van der Waals surface area contributed by atoms with Crippen molar-refractivity contribution in [3.63, 3.8) is 0 Å². The topological polar surface area (TPSA) is 89.9 Å². The summed E-state index contributed by atoms with van der Waals surface area (Å²) in [5, 5.41) is 13.6. The Morgan fingerprint density at radius 1 is 1.10 bits per heavy atom. The molecule has 1 unspecified atom stereocenters. The third kappa shape index (κ3) is 4.03. The van der Waals surface area contributed by atoms with Crippen LogP contribution < -0.4 is 5.32 Å². The van der Waals surface area contributed by atoms with Gasteiger partial charge in [-0.05, 0) is 41.3 Å². The maximum absolute atomic E-state index is 13.3. The van der Waals surface area contributed by atoms with Gasteiger partial charge < -0.3 is 20.2 Å². The zero-order valence-electron chi connectivity index (χ0n) is 17.3. The third-order valence-electron chi connectivity index (χ3n) is 5.83. The molecule has 0 radical (unpaired) electrons. The van der Waals surface area contributed by atoms with Crippen LogP contribution in [0.1, 0.15) is 24.2 Å². The Balaban J connectivity index is 1.62. The first-order valence-electron chi connectivity index (χ1n) is 10.2. The molecule has 0 aliphatic carbocycles. The number of nitrogens with zero attached hydrogens (tertiary/aromatic N) is 2. The second kappa shape index (κ2) is 8.32. The largest absolute Gasteiger partial charge is 0.383 e. The Kier molecular flexibility index (Phi) is 5.73. The van der Waals surface area contributed by atoms with E-state index >= 15 is 0 Å². The maximum Gasteiger partial charge on any atom is 0.256 e. The van der Waals surface area contributed by atoms with Crippen LogP contribution in [-0.4, -0.2) is 64.4 Å². The van der Waals surface area contributed by atoms with Crippen LogP contribution in [0, 0.1) is 5.92 Å². The Labute approximate surface area is 185 Å². The van der Waals surface area contributed by atoms with Crippen LogP contribution in [0.25, 0.3) is 11.1 Å². The number of aliphatic hydroxyl groups is 1. The van der Waals surface area contributed by atoms with Gasteiger partial charge in [-0.3, -0.25) is 14.4 Å². The number of rotatable bonds is 3. The van der Waals surface area contributed by atoms with Crippen molar-refractivity contribution in [2.75, 3.05) is 25.0 Å². The highest BCUT2D eigenvalue weighted by Gasteiger charge is 2.41. The molecule has 1 saturated heterocycles. The number of aliphatic hydroxyl groups excluding tert-OH is 1. The number of hydrogen-bond donors (Lipinski definition) is 2. The monoisotopic (exact) mass is 441 g/mol. The number of piperazine rings is 1. The minimum Gasteiger partial charge on any atom is -0.383 e. The fourth-order valence-electron chi connectivity index (χ4n) is 3.95. The summed E-state index contributed by atoms with van der Waals surface area (Å²) in [6.07, 6.45) is -1.13. The van der Waals surface area contributed by atoms with Crippen molar-refractivity contribution < 1.29 is 19.5 Å². The molecule has 0 saturated carbocycles. The van der Waals surface area contributed by atoms with Crippen LogP contribution in [-0.2, 0) is 9.59 Å². The molecular formula is C23H24ClN3O4. The van der Waals surface area contributed by atoms with Crippen LogP contribution in [0.2, 0.25) is 5.02 Å². The van der Waals surface area contributed by atoms with Gasteiger partial charge in [-0.15, -0.1) is 0 Å². The molecule has 1 fully saturated rings. The van der Waals surface area contributed by atoms with E-state index < -0.39 is 18.1 Å². The lowest BCUT2D eigenvalue weighted by Gasteiger charge is -2.40. The molecule has 7 nitrogen and oxygen atoms in total. The van der Waals surface area contributed by atoms with E-state index in [-0.39, 0.29) is 37.4 Å². The fraction of sp³-hybridized carbons (Fsp3) is 0.348. The van der Waals surface area contributed by atoms with Gasteiger partial charge in [-0.25, -0.2) is 0 Å². The summed E-state index contributed by atoms with van der Waals surface area (Å²) < 4.78 is 0. The molecule has 2 aliphatic heterocycles. The molecular weight excluding hydrogens is 418 g/mol. The van der Waals surface area contributed by atoms with Crippen molar-refractivity contribution in [1.82, 2.24) is 9.80 Å². The Hall–Kier alpha value is -2.90. The smallest absolute Gasteiger partial charge is 0.256 e. The van der Waals surface area contributed by atoms with Crippen molar-refractivity contribution in [1.29, 1.82) is 0 Å². The van der Waals surface area contributed by atoms with Gasteiger partial charge in [0.2, 0.25) is 5.91 Å². The second-order valence-corrected chi connectivity index (χ2v) is 8.68. The van der Waals surface area contributed by atoms with E-state index in [1.807, 2.05) is 18.2 Å². The van der Waals surface area contributed by atoms with Crippen LogP contribution >= 0.6 is 11.6 Å². The SMILES string of the molecule is CC(C)[C@H](O)C(=O)N1CCN2C(=O)c3cc(-c4ccc(Cl)cc4)ccc3NC(=O)C2C1. The molecule has 2 atom stereocenters. The van der Waals surface area contributed by atoms with E-state index in [0.717, 1.165) is 11.1 Å². The molecule has 2 aromatic carbocycles. The van der Waals surface area contributed by atoms with Crippen LogP contribution in [0.3, 0.4) is 0 Å². The van der Waals surface area contributed by atoms with Crippen molar-refractivity contribution in [3.05, 3.63) is 53.1 Å². The first-order valence-corrected chi connectivity index (χ1v) is 10.6. The van der Waals surface area contributed by atoms with Gasteiger partial charge >= 0.3 is 0 Å². The fourth-order valence-corrected chi connectivity index (χ4v) is 4.07. The lowest BCUT2D eigenvalue weighted by molar-refractivity contribution is -0.146. The summed E-state index contributed by atoms with van der Waals surface area (Å²) in [4.78, 5) is 41.8. The summed E-state index contributed by atoms with van der Waals surface area (Å²) >= 11 is 5.97. The van der Waals surface area contributed by atoms with E-state index in [2.05, 4.69) is 5.32 Å². The van der Waals surface area contributed by atoms with Crippen molar-refractivity contribution in [2.24, 2.45) is 5.92 Å². The molecule has 8 heteroatoms. The highest BCUT2D eigenvalue weighted by atomic mass is 35.5. The van der Waals surface area contributed by atoms with Gasteiger partial charge in [0, 0.05) is 18.1 Å². The number of hydrogen-bond acceptors (Lipinski definition) is 4. The number of halogens is 1. The third-order valence-corrected chi connectivity index (χ3v) is 6.08. The lowest BCUT2D eigenvalue weighted by Crippen LogP contribution is -2.61. The first-order chi connectivity index (χ1) is 14.8. The number of carbonyl (C=O) groups excluding carboxylic acids is 3. The van der Waals surface area contributed by atoms with E-state index in [0.29, 0.717) is 16.3 Å². The predicted molar refractivity (Wildman–Crippen MR) is 118 cm³/mol. The molecule has 0 bridgehead atoms.